The van der Waals surface area contributed by atoms with Crippen LogP contribution >= 0.6 is 11.3 Å². The number of carboxylic acids is 1. The molecule has 0 aromatic carbocycles. The number of amides is 3. The van der Waals surface area contributed by atoms with Gasteiger partial charge in [-0.15, -0.1) is 11.3 Å². The molecule has 3 N–H and O–H groups in total. The third-order valence-electron chi connectivity index (χ3n) is 7.96. The van der Waals surface area contributed by atoms with Gasteiger partial charge in [0.15, 0.2) is 6.10 Å². The predicted octanol–water partition coefficient (Wildman–Crippen LogP) is 4.93. The predicted molar refractivity (Wildman–Crippen MR) is 153 cm³/mol. The van der Waals surface area contributed by atoms with Crippen molar-refractivity contribution in [2.75, 3.05) is 11.4 Å². The second kappa shape index (κ2) is 12.6. The van der Waals surface area contributed by atoms with E-state index in [0.29, 0.717) is 55.1 Å². The highest BCUT2D eigenvalue weighted by Crippen LogP contribution is 2.39. The van der Waals surface area contributed by atoms with Crippen LogP contribution in [0.5, 0.6) is 0 Å². The molecule has 3 fully saturated rings. The van der Waals surface area contributed by atoms with E-state index in [1.54, 1.807) is 11.0 Å². The number of carbonyl (C=O) groups excluding carboxylic acids is 3. The van der Waals surface area contributed by atoms with Gasteiger partial charge in [0.25, 0.3) is 5.91 Å². The van der Waals surface area contributed by atoms with Crippen LogP contribution in [0.15, 0.2) is 6.07 Å². The van der Waals surface area contributed by atoms with Crippen LogP contribution in [-0.4, -0.2) is 53.7 Å². The first-order valence-electron chi connectivity index (χ1n) is 14.4. The molecule has 0 spiro atoms. The molecule has 2 saturated carbocycles. The summed E-state index contributed by atoms with van der Waals surface area (Å²) < 4.78 is 5.28. The molecular weight excluding hydrogens is 530 g/mol. The summed E-state index contributed by atoms with van der Waals surface area (Å²) in [4.78, 5) is 53.0. The van der Waals surface area contributed by atoms with E-state index in [0.717, 1.165) is 37.0 Å². The molecule has 2 aliphatic carbocycles. The van der Waals surface area contributed by atoms with Gasteiger partial charge in [-0.3, -0.25) is 9.59 Å². The van der Waals surface area contributed by atoms with Crippen LogP contribution in [-0.2, 0) is 14.3 Å². The largest absolute Gasteiger partial charge is 0.477 e. The lowest BCUT2D eigenvalue weighted by molar-refractivity contribution is -0.126. The first-order chi connectivity index (χ1) is 18.9. The van der Waals surface area contributed by atoms with E-state index in [4.69, 9.17) is 4.74 Å². The topological polar surface area (TPSA) is 125 Å². The second-order valence-electron chi connectivity index (χ2n) is 12.4. The Hall–Kier alpha value is -3.06. The Labute approximate surface area is 240 Å². The van der Waals surface area contributed by atoms with Gasteiger partial charge < -0.3 is 25.4 Å². The molecule has 1 aromatic heterocycles. The lowest BCUT2D eigenvalue weighted by Gasteiger charge is -2.39. The molecule has 4 rings (SSSR count). The van der Waals surface area contributed by atoms with Crippen LogP contribution in [0, 0.1) is 29.1 Å². The number of aromatic carboxylic acids is 1. The number of nitrogens with zero attached hydrogens (tertiary/aromatic N) is 1. The van der Waals surface area contributed by atoms with Gasteiger partial charge in [0.1, 0.15) is 4.88 Å². The quantitative estimate of drug-likeness (QED) is 0.416. The Balaban J connectivity index is 1.53. The van der Waals surface area contributed by atoms with Gasteiger partial charge in [0.05, 0.1) is 10.6 Å². The van der Waals surface area contributed by atoms with Crippen molar-refractivity contribution in [2.24, 2.45) is 17.3 Å². The summed E-state index contributed by atoms with van der Waals surface area (Å²) in [6, 6.07) is 1.44. The van der Waals surface area contributed by atoms with Gasteiger partial charge in [-0.1, -0.05) is 18.8 Å². The third kappa shape index (κ3) is 7.57. The molecule has 1 atom stereocenters. The number of rotatable bonds is 6. The van der Waals surface area contributed by atoms with E-state index in [1.165, 1.54) is 0 Å². The fraction of sp³-hybridized carbons (Fsp3) is 0.667. The van der Waals surface area contributed by atoms with Crippen molar-refractivity contribution >= 4 is 40.9 Å². The molecule has 3 aliphatic rings. The van der Waals surface area contributed by atoms with E-state index < -0.39 is 18.2 Å². The van der Waals surface area contributed by atoms with Gasteiger partial charge in [0.2, 0.25) is 5.91 Å². The van der Waals surface area contributed by atoms with E-state index >= 15 is 0 Å². The second-order valence-corrected chi connectivity index (χ2v) is 13.5. The zero-order valence-corrected chi connectivity index (χ0v) is 24.7. The molecule has 1 saturated heterocycles. The van der Waals surface area contributed by atoms with Crippen molar-refractivity contribution in [1.29, 1.82) is 0 Å². The van der Waals surface area contributed by atoms with Gasteiger partial charge >= 0.3 is 12.1 Å². The lowest BCUT2D eigenvalue weighted by atomic mass is 9.81. The molecule has 218 valence electrons. The normalized spacial score (nSPS) is 26.7. The van der Waals surface area contributed by atoms with Crippen molar-refractivity contribution in [2.45, 2.75) is 104 Å². The Bertz CT molecular complexity index is 1180. The van der Waals surface area contributed by atoms with Crippen molar-refractivity contribution in [3.05, 3.63) is 15.8 Å². The standard InChI is InChI=1S/C30H41N3O6S/c1-18-5-7-19(8-6-18)27(35)33(23-17-22(13-15-30(2,3)4)40-25(23)28(36)37)21-11-9-20(10-12-21)32-29(38)39-24-14-16-31-26(24)34/h17-21,24H,5-12,14,16H2,1-4H3,(H,31,34)(H,32,38)(H,36,37)/t18?,19?,20?,21?,24-/m1/s1. The highest BCUT2D eigenvalue weighted by molar-refractivity contribution is 7.15. The van der Waals surface area contributed by atoms with Crippen LogP contribution in [0.1, 0.15) is 100 Å². The Morgan fingerprint density at radius 1 is 1.07 bits per heavy atom. The number of hydrogen-bond acceptors (Lipinski definition) is 6. The van der Waals surface area contributed by atoms with Crippen LogP contribution in [0.25, 0.3) is 0 Å². The van der Waals surface area contributed by atoms with Crippen LogP contribution in [0.3, 0.4) is 0 Å². The molecule has 0 unspecified atom stereocenters. The summed E-state index contributed by atoms with van der Waals surface area (Å²) in [6.07, 6.45) is 5.13. The minimum absolute atomic E-state index is 0.00871. The summed E-state index contributed by atoms with van der Waals surface area (Å²) >= 11 is 1.12. The number of carbonyl (C=O) groups is 4. The van der Waals surface area contributed by atoms with Crippen molar-refractivity contribution in [3.63, 3.8) is 0 Å². The smallest absolute Gasteiger partial charge is 0.408 e. The average molecular weight is 572 g/mol. The highest BCUT2D eigenvalue weighted by Gasteiger charge is 2.38. The molecule has 2 heterocycles. The number of anilines is 1. The minimum atomic E-state index is -1.06. The van der Waals surface area contributed by atoms with Crippen molar-refractivity contribution in [3.8, 4) is 11.8 Å². The molecule has 1 aliphatic heterocycles. The Morgan fingerprint density at radius 2 is 1.75 bits per heavy atom. The first-order valence-corrected chi connectivity index (χ1v) is 15.2. The summed E-state index contributed by atoms with van der Waals surface area (Å²) in [5, 5.41) is 15.6. The van der Waals surface area contributed by atoms with E-state index in [9.17, 15) is 24.3 Å². The molecular formula is C30H41N3O6S. The van der Waals surface area contributed by atoms with Crippen LogP contribution < -0.4 is 15.5 Å². The van der Waals surface area contributed by atoms with E-state index in [-0.39, 0.29) is 40.1 Å². The Kier molecular flexibility index (Phi) is 9.44. The Morgan fingerprint density at radius 3 is 2.33 bits per heavy atom. The summed E-state index contributed by atoms with van der Waals surface area (Å²) in [7, 11) is 0. The maximum Gasteiger partial charge on any atom is 0.408 e. The highest BCUT2D eigenvalue weighted by atomic mass is 32.1. The molecule has 10 heteroatoms. The molecule has 1 aromatic rings. The third-order valence-corrected chi connectivity index (χ3v) is 8.99. The lowest BCUT2D eigenvalue weighted by Crippen LogP contribution is -2.49. The summed E-state index contributed by atoms with van der Waals surface area (Å²) in [5.74, 6) is 5.40. The zero-order chi connectivity index (χ0) is 29.0. The van der Waals surface area contributed by atoms with Crippen molar-refractivity contribution < 1.29 is 29.0 Å². The van der Waals surface area contributed by atoms with Crippen LogP contribution in [0.4, 0.5) is 10.5 Å². The number of ether oxygens (including phenoxy) is 1. The van der Waals surface area contributed by atoms with E-state index in [1.807, 2.05) is 20.8 Å². The maximum absolute atomic E-state index is 14.1. The molecule has 0 radical (unpaired) electrons. The fourth-order valence-electron chi connectivity index (χ4n) is 5.72. The fourth-order valence-corrected chi connectivity index (χ4v) is 6.56. The molecule has 3 amide bonds. The number of hydrogen-bond donors (Lipinski definition) is 3. The molecule has 0 bridgehead atoms. The number of alkyl carbamates (subject to hydrolysis) is 1. The van der Waals surface area contributed by atoms with Gasteiger partial charge in [-0.25, -0.2) is 9.59 Å². The monoisotopic (exact) mass is 571 g/mol. The van der Waals surface area contributed by atoms with Crippen LogP contribution in [0.2, 0.25) is 0 Å². The van der Waals surface area contributed by atoms with Gasteiger partial charge in [-0.05, 0) is 84.1 Å². The summed E-state index contributed by atoms with van der Waals surface area (Å²) in [6.45, 7) is 8.69. The molecule has 9 nitrogen and oxygen atoms in total. The average Bonchev–Trinajstić information content (AvgIpc) is 3.50. The zero-order valence-electron chi connectivity index (χ0n) is 23.9. The van der Waals surface area contributed by atoms with Gasteiger partial charge in [-0.2, -0.15) is 0 Å². The SMILES string of the molecule is CC1CCC(C(=O)N(c2cc(C#CC(C)(C)C)sc2C(=O)O)C2CCC(NC(=O)O[C@@H]3CCNC3=O)CC2)CC1. The summed E-state index contributed by atoms with van der Waals surface area (Å²) in [5.41, 5.74) is 0.193. The minimum Gasteiger partial charge on any atom is -0.477 e. The van der Waals surface area contributed by atoms with Crippen molar-refractivity contribution in [1.82, 2.24) is 10.6 Å². The first kappa shape index (κ1) is 29.9. The van der Waals surface area contributed by atoms with Gasteiger partial charge in [0, 0.05) is 36.4 Å². The van der Waals surface area contributed by atoms with E-state index in [2.05, 4.69) is 29.4 Å². The number of thiophene rings is 1. The number of carboxylic acid groups (broad SMARTS) is 1. The maximum atomic E-state index is 14.1. The molecule has 40 heavy (non-hydrogen) atoms. The number of nitrogens with one attached hydrogen (secondary N) is 2.